The van der Waals surface area contributed by atoms with E-state index in [9.17, 15) is 22.8 Å². The molecule has 1 aliphatic heterocycles. The van der Waals surface area contributed by atoms with Crippen LogP contribution in [-0.4, -0.2) is 59.1 Å². The van der Waals surface area contributed by atoms with Crippen molar-refractivity contribution in [1.29, 1.82) is 0 Å². The number of alkyl halides is 3. The van der Waals surface area contributed by atoms with E-state index in [1.807, 2.05) is 0 Å². The summed E-state index contributed by atoms with van der Waals surface area (Å²) in [5.74, 6) is -1.30. The van der Waals surface area contributed by atoms with Gasteiger partial charge in [-0.25, -0.2) is 4.79 Å². The molecule has 0 aromatic heterocycles. The van der Waals surface area contributed by atoms with Crippen molar-refractivity contribution in [2.75, 3.05) is 13.1 Å². The lowest BCUT2D eigenvalue weighted by Crippen LogP contribution is -2.55. The number of ether oxygens (including phenoxy) is 2. The van der Waals surface area contributed by atoms with E-state index < -0.39 is 49.0 Å². The minimum Gasteiger partial charge on any atom is -0.481 e. The second-order valence-corrected chi connectivity index (χ2v) is 5.77. The number of halogens is 3. The van der Waals surface area contributed by atoms with Gasteiger partial charge in [0.15, 0.2) is 6.10 Å². The van der Waals surface area contributed by atoms with Crippen LogP contribution in [0.4, 0.5) is 18.0 Å². The number of carboxylic acid groups (broad SMARTS) is 1. The molecule has 1 rings (SSSR count). The van der Waals surface area contributed by atoms with Crippen LogP contribution in [0.5, 0.6) is 0 Å². The molecule has 0 radical (unpaired) electrons. The molecule has 0 saturated carbocycles. The van der Waals surface area contributed by atoms with Gasteiger partial charge in [-0.15, -0.1) is 0 Å². The average molecular weight is 313 g/mol. The molecular weight excluding hydrogens is 295 g/mol. The summed E-state index contributed by atoms with van der Waals surface area (Å²) in [5.41, 5.74) is -0.856. The van der Waals surface area contributed by atoms with E-state index in [1.54, 1.807) is 20.8 Å². The van der Waals surface area contributed by atoms with Gasteiger partial charge in [-0.1, -0.05) is 0 Å². The number of hydrogen-bond donors (Lipinski definition) is 1. The van der Waals surface area contributed by atoms with Crippen molar-refractivity contribution in [2.45, 2.75) is 51.2 Å². The Morgan fingerprint density at radius 2 is 1.86 bits per heavy atom. The van der Waals surface area contributed by atoms with Crippen LogP contribution in [-0.2, 0) is 14.3 Å². The van der Waals surface area contributed by atoms with E-state index in [4.69, 9.17) is 14.6 Å². The number of rotatable bonds is 2. The Hall–Kier alpha value is -1.51. The predicted molar refractivity (Wildman–Crippen MR) is 64.8 cm³/mol. The van der Waals surface area contributed by atoms with Gasteiger partial charge in [-0.2, -0.15) is 13.2 Å². The van der Waals surface area contributed by atoms with Crippen molar-refractivity contribution < 1.29 is 37.3 Å². The quantitative estimate of drug-likeness (QED) is 0.844. The van der Waals surface area contributed by atoms with Crippen LogP contribution in [0.15, 0.2) is 0 Å². The van der Waals surface area contributed by atoms with E-state index in [-0.39, 0.29) is 6.54 Å². The van der Waals surface area contributed by atoms with Gasteiger partial charge in [0.1, 0.15) is 5.60 Å². The van der Waals surface area contributed by atoms with Crippen molar-refractivity contribution in [3.63, 3.8) is 0 Å². The summed E-state index contributed by atoms with van der Waals surface area (Å²) >= 11 is 0. The van der Waals surface area contributed by atoms with E-state index in [2.05, 4.69) is 0 Å². The summed E-state index contributed by atoms with van der Waals surface area (Å²) in [6.45, 7) is 3.78. The van der Waals surface area contributed by atoms with Crippen molar-refractivity contribution in [2.24, 2.45) is 0 Å². The smallest absolute Gasteiger partial charge is 0.416 e. The molecule has 0 unspecified atom stereocenters. The maximum Gasteiger partial charge on any atom is 0.416 e. The van der Waals surface area contributed by atoms with Gasteiger partial charge in [0.2, 0.25) is 0 Å². The standard InChI is InChI=1S/C12H18F3NO5/c1-11(2,3)21-10(19)16-5-7(4-9(17)18)20-8(6-16)12(13,14)15/h7-8H,4-6H2,1-3H3,(H,17,18)/t7-,8+/m0/s1. The first-order valence-corrected chi connectivity index (χ1v) is 6.30. The first-order valence-electron chi connectivity index (χ1n) is 6.30. The molecule has 1 N–H and O–H groups in total. The third kappa shape index (κ3) is 5.78. The third-order valence-corrected chi connectivity index (χ3v) is 2.59. The number of morpholine rings is 1. The van der Waals surface area contributed by atoms with Crippen LogP contribution in [0.2, 0.25) is 0 Å². The Labute approximate surface area is 119 Å². The summed E-state index contributed by atoms with van der Waals surface area (Å²) in [6, 6.07) is 0. The zero-order valence-corrected chi connectivity index (χ0v) is 11.9. The van der Waals surface area contributed by atoms with Gasteiger partial charge in [0.05, 0.1) is 25.6 Å². The van der Waals surface area contributed by atoms with Gasteiger partial charge in [-0.3, -0.25) is 4.79 Å². The van der Waals surface area contributed by atoms with Gasteiger partial charge >= 0.3 is 18.2 Å². The first-order chi connectivity index (χ1) is 9.38. The SMILES string of the molecule is CC(C)(C)OC(=O)N1C[C@H](CC(=O)O)O[C@@H](C(F)(F)F)C1. The number of carbonyl (C=O) groups is 2. The van der Waals surface area contributed by atoms with Crippen molar-refractivity contribution in [1.82, 2.24) is 4.90 Å². The Morgan fingerprint density at radius 3 is 2.29 bits per heavy atom. The lowest BCUT2D eigenvalue weighted by Gasteiger charge is -2.38. The minimum absolute atomic E-state index is 0.256. The van der Waals surface area contributed by atoms with Crippen LogP contribution in [0.25, 0.3) is 0 Å². The molecule has 1 amide bonds. The molecule has 0 aromatic rings. The molecule has 1 heterocycles. The van der Waals surface area contributed by atoms with Gasteiger partial charge in [0.25, 0.3) is 0 Å². The highest BCUT2D eigenvalue weighted by Gasteiger charge is 2.47. The van der Waals surface area contributed by atoms with Crippen LogP contribution < -0.4 is 0 Å². The van der Waals surface area contributed by atoms with Crippen LogP contribution in [0, 0.1) is 0 Å². The summed E-state index contributed by atoms with van der Waals surface area (Å²) in [4.78, 5) is 23.3. The zero-order chi connectivity index (χ0) is 16.4. The Bertz CT molecular complexity index is 405. The fourth-order valence-corrected chi connectivity index (χ4v) is 1.80. The van der Waals surface area contributed by atoms with Gasteiger partial charge in [0, 0.05) is 0 Å². The highest BCUT2D eigenvalue weighted by molar-refractivity contribution is 5.69. The van der Waals surface area contributed by atoms with Gasteiger partial charge < -0.3 is 19.5 Å². The second kappa shape index (κ2) is 6.08. The highest BCUT2D eigenvalue weighted by Crippen LogP contribution is 2.29. The fraction of sp³-hybridized carbons (Fsp3) is 0.833. The average Bonchev–Trinajstić information content (AvgIpc) is 2.23. The monoisotopic (exact) mass is 313 g/mol. The Morgan fingerprint density at radius 1 is 1.29 bits per heavy atom. The maximum atomic E-state index is 12.8. The molecule has 1 aliphatic rings. The van der Waals surface area contributed by atoms with E-state index >= 15 is 0 Å². The molecule has 1 saturated heterocycles. The molecule has 0 aromatic carbocycles. The number of carboxylic acids is 1. The zero-order valence-electron chi connectivity index (χ0n) is 11.9. The van der Waals surface area contributed by atoms with Crippen LogP contribution in [0.1, 0.15) is 27.2 Å². The molecule has 0 bridgehead atoms. The molecule has 1 fully saturated rings. The van der Waals surface area contributed by atoms with Crippen molar-refractivity contribution >= 4 is 12.1 Å². The first kappa shape index (κ1) is 17.5. The molecule has 21 heavy (non-hydrogen) atoms. The fourth-order valence-electron chi connectivity index (χ4n) is 1.80. The van der Waals surface area contributed by atoms with E-state index in [0.717, 1.165) is 4.90 Å². The Kier molecular flexibility index (Phi) is 5.08. The molecular formula is C12H18F3NO5. The molecule has 2 atom stereocenters. The van der Waals surface area contributed by atoms with E-state index in [1.165, 1.54) is 0 Å². The number of aliphatic carboxylic acids is 1. The van der Waals surface area contributed by atoms with Gasteiger partial charge in [-0.05, 0) is 20.8 Å². The van der Waals surface area contributed by atoms with Crippen LogP contribution in [0.3, 0.4) is 0 Å². The lowest BCUT2D eigenvalue weighted by atomic mass is 10.1. The second-order valence-electron chi connectivity index (χ2n) is 5.77. The molecule has 6 nitrogen and oxygen atoms in total. The number of amides is 1. The van der Waals surface area contributed by atoms with Crippen LogP contribution >= 0.6 is 0 Å². The normalized spacial score (nSPS) is 23.8. The largest absolute Gasteiger partial charge is 0.481 e. The number of hydrogen-bond acceptors (Lipinski definition) is 4. The maximum absolute atomic E-state index is 12.8. The molecule has 9 heteroatoms. The summed E-state index contributed by atoms with van der Waals surface area (Å²) in [7, 11) is 0. The summed E-state index contributed by atoms with van der Waals surface area (Å²) < 4.78 is 48.1. The van der Waals surface area contributed by atoms with E-state index in [0.29, 0.717) is 0 Å². The summed E-state index contributed by atoms with van der Waals surface area (Å²) in [5, 5.41) is 8.67. The topological polar surface area (TPSA) is 76.1 Å². The summed E-state index contributed by atoms with van der Waals surface area (Å²) in [6.07, 6.45) is -9.67. The molecule has 122 valence electrons. The van der Waals surface area contributed by atoms with Crippen molar-refractivity contribution in [3.8, 4) is 0 Å². The Balaban J connectivity index is 2.83. The third-order valence-electron chi connectivity index (χ3n) is 2.59. The van der Waals surface area contributed by atoms with Crippen molar-refractivity contribution in [3.05, 3.63) is 0 Å². The predicted octanol–water partition coefficient (Wildman–Crippen LogP) is 2.03. The molecule has 0 spiro atoms. The lowest BCUT2D eigenvalue weighted by molar-refractivity contribution is -0.251. The number of carbonyl (C=O) groups excluding carboxylic acids is 1. The molecule has 0 aliphatic carbocycles. The number of nitrogens with zero attached hydrogens (tertiary/aromatic N) is 1. The minimum atomic E-state index is -4.68. The highest BCUT2D eigenvalue weighted by atomic mass is 19.4.